The molecule has 112 valence electrons. The molecule has 1 aliphatic heterocycles. The smallest absolute Gasteiger partial charge is 0.111 e. The van der Waals surface area contributed by atoms with Gasteiger partial charge < -0.3 is 4.57 Å². The Morgan fingerprint density at radius 3 is 2.86 bits per heavy atom. The highest BCUT2D eigenvalue weighted by atomic mass is 35.5. The number of aryl methyl sites for hydroxylation is 2. The number of halogens is 1. The minimum absolute atomic E-state index is 0.565. The van der Waals surface area contributed by atoms with Gasteiger partial charge in [0.15, 0.2) is 0 Å². The first-order valence-electron chi connectivity index (χ1n) is 8.04. The quantitative estimate of drug-likeness (QED) is 0.806. The zero-order valence-electron chi connectivity index (χ0n) is 12.6. The zero-order chi connectivity index (χ0) is 14.4. The standard InChI is InChI=1S/C17H22ClN3/c1-12-2-5-15-16(10-12)21(17(19-15)6-8-18)14-7-9-20(11-14)13-3-4-13/h2,5,10,13-14H,3-4,6-9,11H2,1H3. The van der Waals surface area contributed by atoms with Crippen LogP contribution in [-0.4, -0.2) is 39.5 Å². The third-order valence-electron chi connectivity index (χ3n) is 4.86. The van der Waals surface area contributed by atoms with Gasteiger partial charge in [0.25, 0.3) is 0 Å². The van der Waals surface area contributed by atoms with Crippen molar-refractivity contribution in [1.82, 2.24) is 14.5 Å². The van der Waals surface area contributed by atoms with Gasteiger partial charge in [-0.15, -0.1) is 11.6 Å². The second-order valence-corrected chi connectivity index (χ2v) is 6.88. The van der Waals surface area contributed by atoms with Crippen LogP contribution in [0.2, 0.25) is 0 Å². The molecule has 21 heavy (non-hydrogen) atoms. The molecular formula is C17H22ClN3. The average Bonchev–Trinajstić information content (AvgIpc) is 3.10. The van der Waals surface area contributed by atoms with Crippen molar-refractivity contribution in [3.05, 3.63) is 29.6 Å². The van der Waals surface area contributed by atoms with E-state index in [1.54, 1.807) is 0 Å². The van der Waals surface area contributed by atoms with Crippen LogP contribution in [0.3, 0.4) is 0 Å². The van der Waals surface area contributed by atoms with E-state index in [-0.39, 0.29) is 0 Å². The van der Waals surface area contributed by atoms with Crippen molar-refractivity contribution < 1.29 is 0 Å². The molecule has 2 aromatic rings. The lowest BCUT2D eigenvalue weighted by Crippen LogP contribution is -2.24. The highest BCUT2D eigenvalue weighted by Crippen LogP contribution is 2.35. The second kappa shape index (κ2) is 5.29. The van der Waals surface area contributed by atoms with E-state index < -0.39 is 0 Å². The van der Waals surface area contributed by atoms with Gasteiger partial charge in [0.05, 0.1) is 11.0 Å². The molecule has 0 N–H and O–H groups in total. The molecule has 1 aromatic carbocycles. The first-order chi connectivity index (χ1) is 10.3. The van der Waals surface area contributed by atoms with Gasteiger partial charge in [-0.25, -0.2) is 4.98 Å². The van der Waals surface area contributed by atoms with Crippen molar-refractivity contribution >= 4 is 22.6 Å². The Kier molecular flexibility index (Phi) is 3.43. The fraction of sp³-hybridized carbons (Fsp3) is 0.588. The summed E-state index contributed by atoms with van der Waals surface area (Å²) in [5, 5.41) is 0. The first kappa shape index (κ1) is 13.6. The van der Waals surface area contributed by atoms with E-state index in [9.17, 15) is 0 Å². The van der Waals surface area contributed by atoms with Crippen LogP contribution >= 0.6 is 11.6 Å². The summed E-state index contributed by atoms with van der Waals surface area (Å²) >= 11 is 6.00. The lowest BCUT2D eigenvalue weighted by molar-refractivity contribution is 0.314. The SMILES string of the molecule is Cc1ccc2nc(CCCl)n(C3CCN(C4CC4)C3)c2c1. The third kappa shape index (κ3) is 2.47. The molecule has 0 amide bonds. The van der Waals surface area contributed by atoms with Gasteiger partial charge in [0, 0.05) is 37.5 Å². The summed E-state index contributed by atoms with van der Waals surface area (Å²) in [4.78, 5) is 7.50. The number of likely N-dealkylation sites (tertiary alicyclic amines) is 1. The van der Waals surface area contributed by atoms with Crippen LogP contribution in [-0.2, 0) is 6.42 Å². The fourth-order valence-electron chi connectivity index (χ4n) is 3.67. The van der Waals surface area contributed by atoms with Gasteiger partial charge in [-0.1, -0.05) is 6.07 Å². The van der Waals surface area contributed by atoms with Gasteiger partial charge in [-0.3, -0.25) is 4.90 Å². The highest BCUT2D eigenvalue weighted by molar-refractivity contribution is 6.17. The molecule has 0 spiro atoms. The predicted octanol–water partition coefficient (Wildman–Crippen LogP) is 3.54. The van der Waals surface area contributed by atoms with E-state index in [0.29, 0.717) is 11.9 Å². The maximum absolute atomic E-state index is 6.00. The second-order valence-electron chi connectivity index (χ2n) is 6.50. The van der Waals surface area contributed by atoms with Crippen molar-refractivity contribution in [1.29, 1.82) is 0 Å². The fourth-order valence-corrected chi connectivity index (χ4v) is 3.84. The maximum atomic E-state index is 6.00. The molecule has 1 aromatic heterocycles. The first-order valence-corrected chi connectivity index (χ1v) is 8.57. The van der Waals surface area contributed by atoms with Crippen LogP contribution < -0.4 is 0 Å². The minimum Gasteiger partial charge on any atom is -0.323 e. The number of hydrogen-bond acceptors (Lipinski definition) is 2. The molecule has 2 aliphatic rings. The predicted molar refractivity (Wildman–Crippen MR) is 87.1 cm³/mol. The normalized spacial score (nSPS) is 23.2. The van der Waals surface area contributed by atoms with Crippen molar-refractivity contribution in [2.75, 3.05) is 19.0 Å². The number of fused-ring (bicyclic) bond motifs is 1. The summed E-state index contributed by atoms with van der Waals surface area (Å²) in [6, 6.07) is 8.00. The van der Waals surface area contributed by atoms with E-state index in [0.717, 1.165) is 23.8 Å². The van der Waals surface area contributed by atoms with Crippen molar-refractivity contribution in [3.8, 4) is 0 Å². The number of aromatic nitrogens is 2. The monoisotopic (exact) mass is 303 g/mol. The summed E-state index contributed by atoms with van der Waals surface area (Å²) in [6.07, 6.45) is 4.89. The lowest BCUT2D eigenvalue weighted by Gasteiger charge is -2.18. The van der Waals surface area contributed by atoms with Crippen LogP contribution in [0.15, 0.2) is 18.2 Å². The number of imidazole rings is 1. The molecule has 1 unspecified atom stereocenters. The summed E-state index contributed by atoms with van der Waals surface area (Å²) in [7, 11) is 0. The van der Waals surface area contributed by atoms with Crippen LogP contribution in [0, 0.1) is 6.92 Å². The van der Waals surface area contributed by atoms with E-state index in [4.69, 9.17) is 16.6 Å². The maximum Gasteiger partial charge on any atom is 0.111 e. The molecule has 4 heteroatoms. The Balaban J connectivity index is 1.74. The third-order valence-corrected chi connectivity index (χ3v) is 5.05. The molecule has 2 heterocycles. The minimum atomic E-state index is 0.565. The Bertz CT molecular complexity index is 659. The van der Waals surface area contributed by atoms with Gasteiger partial charge in [-0.05, 0) is 43.9 Å². The molecule has 0 radical (unpaired) electrons. The topological polar surface area (TPSA) is 21.1 Å². The molecule has 1 saturated carbocycles. The van der Waals surface area contributed by atoms with Crippen LogP contribution in [0.25, 0.3) is 11.0 Å². The number of alkyl halides is 1. The van der Waals surface area contributed by atoms with Crippen LogP contribution in [0.1, 0.15) is 36.7 Å². The Morgan fingerprint density at radius 2 is 2.10 bits per heavy atom. The molecular weight excluding hydrogens is 282 g/mol. The van der Waals surface area contributed by atoms with Gasteiger partial charge in [-0.2, -0.15) is 0 Å². The molecule has 1 saturated heterocycles. The van der Waals surface area contributed by atoms with E-state index in [1.807, 2.05) is 0 Å². The molecule has 2 fully saturated rings. The Morgan fingerprint density at radius 1 is 1.24 bits per heavy atom. The zero-order valence-corrected chi connectivity index (χ0v) is 13.3. The summed E-state index contributed by atoms with van der Waals surface area (Å²) in [5.74, 6) is 1.80. The number of hydrogen-bond donors (Lipinski definition) is 0. The largest absolute Gasteiger partial charge is 0.323 e. The number of benzene rings is 1. The van der Waals surface area contributed by atoms with Gasteiger partial charge in [0.1, 0.15) is 5.82 Å². The lowest BCUT2D eigenvalue weighted by atomic mass is 10.2. The Labute approximate surface area is 130 Å². The summed E-state index contributed by atoms with van der Waals surface area (Å²) in [5.41, 5.74) is 3.71. The van der Waals surface area contributed by atoms with Crippen LogP contribution in [0.5, 0.6) is 0 Å². The van der Waals surface area contributed by atoms with Crippen molar-refractivity contribution in [2.45, 2.75) is 44.7 Å². The Hall–Kier alpha value is -1.06. The van der Waals surface area contributed by atoms with Gasteiger partial charge in [0.2, 0.25) is 0 Å². The average molecular weight is 304 g/mol. The van der Waals surface area contributed by atoms with Gasteiger partial charge >= 0.3 is 0 Å². The van der Waals surface area contributed by atoms with E-state index in [2.05, 4.69) is 34.6 Å². The molecule has 1 atom stereocenters. The van der Waals surface area contributed by atoms with Crippen molar-refractivity contribution in [3.63, 3.8) is 0 Å². The highest BCUT2D eigenvalue weighted by Gasteiger charge is 2.35. The summed E-state index contributed by atoms with van der Waals surface area (Å²) in [6.45, 7) is 4.57. The van der Waals surface area contributed by atoms with E-state index >= 15 is 0 Å². The summed E-state index contributed by atoms with van der Waals surface area (Å²) < 4.78 is 2.48. The van der Waals surface area contributed by atoms with Crippen LogP contribution in [0.4, 0.5) is 0 Å². The molecule has 4 rings (SSSR count). The molecule has 0 bridgehead atoms. The number of nitrogens with zero attached hydrogens (tertiary/aromatic N) is 3. The van der Waals surface area contributed by atoms with Crippen molar-refractivity contribution in [2.24, 2.45) is 0 Å². The molecule has 1 aliphatic carbocycles. The van der Waals surface area contributed by atoms with E-state index in [1.165, 1.54) is 43.4 Å². The molecule has 3 nitrogen and oxygen atoms in total. The number of rotatable bonds is 4.